The molecular weight excluding hydrogens is 222 g/mol. The van der Waals surface area contributed by atoms with Crippen LogP contribution >= 0.6 is 0 Å². The highest BCUT2D eigenvalue weighted by Gasteiger charge is 2.16. The van der Waals surface area contributed by atoms with Crippen LogP contribution in [0.15, 0.2) is 21.3 Å². The molecule has 1 atom stereocenters. The summed E-state index contributed by atoms with van der Waals surface area (Å²) < 4.78 is 5.48. The molecule has 0 spiro atoms. The van der Waals surface area contributed by atoms with Crippen LogP contribution in [0, 0.1) is 0 Å². The lowest BCUT2D eigenvalue weighted by Gasteiger charge is -2.06. The summed E-state index contributed by atoms with van der Waals surface area (Å²) in [5, 5.41) is 17.0. The summed E-state index contributed by atoms with van der Waals surface area (Å²) in [6.07, 6.45) is 0.844. The third kappa shape index (κ3) is 2.39. The van der Waals surface area contributed by atoms with E-state index in [1.54, 1.807) is 0 Å². The fourth-order valence-electron chi connectivity index (χ4n) is 1.44. The normalized spacial score (nSPS) is 12.6. The maximum atomic E-state index is 10.9. The van der Waals surface area contributed by atoms with Crippen LogP contribution in [-0.2, 0) is 0 Å². The Morgan fingerprint density at radius 2 is 2.29 bits per heavy atom. The summed E-state index contributed by atoms with van der Waals surface area (Å²) in [6.45, 7) is 2.02. The molecule has 0 aliphatic carbocycles. The van der Waals surface area contributed by atoms with Crippen molar-refractivity contribution in [3.63, 3.8) is 0 Å². The quantitative estimate of drug-likeness (QED) is 0.800. The molecule has 17 heavy (non-hydrogen) atoms. The van der Waals surface area contributed by atoms with E-state index in [0.29, 0.717) is 17.5 Å². The molecule has 2 heterocycles. The van der Waals surface area contributed by atoms with E-state index < -0.39 is 0 Å². The second kappa shape index (κ2) is 4.88. The van der Waals surface area contributed by atoms with Gasteiger partial charge in [-0.25, -0.2) is 5.10 Å². The Morgan fingerprint density at radius 3 is 2.88 bits per heavy atom. The fraction of sp³-hybridized carbons (Fsp3) is 0.400. The highest BCUT2D eigenvalue weighted by Crippen LogP contribution is 2.19. The molecule has 2 aromatic heterocycles. The Kier molecular flexibility index (Phi) is 3.29. The molecule has 0 aliphatic heterocycles. The van der Waals surface area contributed by atoms with Crippen LogP contribution in [0.3, 0.4) is 0 Å². The first kappa shape index (κ1) is 11.5. The smallest absolute Gasteiger partial charge is 0.268 e. The summed E-state index contributed by atoms with van der Waals surface area (Å²) in [4.78, 5) is 10.9. The van der Waals surface area contributed by atoms with Crippen molar-refractivity contribution in [1.82, 2.24) is 25.7 Å². The Balaban J connectivity index is 2.29. The average molecular weight is 235 g/mol. The molecule has 7 nitrogen and oxygen atoms in total. The van der Waals surface area contributed by atoms with Crippen molar-refractivity contribution in [2.45, 2.75) is 19.4 Å². The number of H-pyrrole nitrogens is 1. The molecule has 0 radical (unpaired) electrons. The van der Waals surface area contributed by atoms with Crippen molar-refractivity contribution in [3.05, 3.63) is 28.4 Å². The summed E-state index contributed by atoms with van der Waals surface area (Å²) in [6, 6.07) is 2.93. The van der Waals surface area contributed by atoms with Gasteiger partial charge < -0.3 is 9.73 Å². The topological polar surface area (TPSA) is 96.7 Å². The van der Waals surface area contributed by atoms with Gasteiger partial charge in [-0.2, -0.15) is 5.10 Å². The molecule has 2 N–H and O–H groups in total. The summed E-state index contributed by atoms with van der Waals surface area (Å²) in [5.74, 6) is 0.808. The molecule has 1 unspecified atom stereocenters. The van der Waals surface area contributed by atoms with Gasteiger partial charge in [-0.15, -0.1) is 10.2 Å². The largest absolute Gasteiger partial charge is 0.417 e. The van der Waals surface area contributed by atoms with Crippen molar-refractivity contribution in [3.8, 4) is 11.6 Å². The molecule has 2 rings (SSSR count). The fourth-order valence-corrected chi connectivity index (χ4v) is 1.44. The average Bonchev–Trinajstić information content (AvgIpc) is 2.81. The second-order valence-electron chi connectivity index (χ2n) is 3.50. The summed E-state index contributed by atoms with van der Waals surface area (Å²) >= 11 is 0. The predicted molar refractivity (Wildman–Crippen MR) is 60.2 cm³/mol. The SMILES string of the molecule is CCC(NC)c1nnc(-c2ccc(=O)[nH]n2)o1. The molecule has 0 aromatic carbocycles. The standard InChI is InChI=1S/C10H13N5O2/c1-3-6(11-2)9-14-15-10(17-9)7-4-5-8(16)13-12-7/h4-6,11H,3H2,1-2H3,(H,13,16). The zero-order valence-electron chi connectivity index (χ0n) is 9.60. The zero-order chi connectivity index (χ0) is 12.3. The van der Waals surface area contributed by atoms with Crippen LogP contribution < -0.4 is 10.9 Å². The lowest BCUT2D eigenvalue weighted by Crippen LogP contribution is -2.15. The van der Waals surface area contributed by atoms with Crippen LogP contribution in [0.1, 0.15) is 25.3 Å². The maximum Gasteiger partial charge on any atom is 0.268 e. The third-order valence-corrected chi connectivity index (χ3v) is 2.39. The molecule has 0 saturated carbocycles. The van der Waals surface area contributed by atoms with E-state index in [-0.39, 0.29) is 11.6 Å². The van der Waals surface area contributed by atoms with Crippen LogP contribution in [0.5, 0.6) is 0 Å². The Morgan fingerprint density at radius 1 is 1.47 bits per heavy atom. The molecule has 0 saturated heterocycles. The van der Waals surface area contributed by atoms with Crippen LogP contribution in [0.4, 0.5) is 0 Å². The van der Waals surface area contributed by atoms with Gasteiger partial charge in [-0.05, 0) is 19.5 Å². The van der Waals surface area contributed by atoms with Gasteiger partial charge in [-0.3, -0.25) is 4.79 Å². The number of hydrogen-bond donors (Lipinski definition) is 2. The van der Waals surface area contributed by atoms with E-state index in [0.717, 1.165) is 6.42 Å². The van der Waals surface area contributed by atoms with Crippen molar-refractivity contribution < 1.29 is 4.42 Å². The monoisotopic (exact) mass is 235 g/mol. The molecule has 0 bridgehead atoms. The van der Waals surface area contributed by atoms with E-state index in [9.17, 15) is 4.79 Å². The van der Waals surface area contributed by atoms with Gasteiger partial charge in [0.25, 0.3) is 11.4 Å². The van der Waals surface area contributed by atoms with Gasteiger partial charge in [-0.1, -0.05) is 6.92 Å². The van der Waals surface area contributed by atoms with Crippen molar-refractivity contribution in [2.24, 2.45) is 0 Å². The van der Waals surface area contributed by atoms with E-state index in [2.05, 4.69) is 25.7 Å². The summed E-state index contributed by atoms with van der Waals surface area (Å²) in [5.41, 5.74) is 0.185. The summed E-state index contributed by atoms with van der Waals surface area (Å²) in [7, 11) is 1.83. The van der Waals surface area contributed by atoms with Crippen molar-refractivity contribution >= 4 is 0 Å². The number of nitrogens with one attached hydrogen (secondary N) is 2. The van der Waals surface area contributed by atoms with Crippen LogP contribution in [0.25, 0.3) is 11.6 Å². The van der Waals surface area contributed by atoms with Gasteiger partial charge in [0, 0.05) is 6.07 Å². The Labute approximate surface area is 97.3 Å². The molecule has 90 valence electrons. The zero-order valence-corrected chi connectivity index (χ0v) is 9.60. The number of aromatic amines is 1. The van der Waals surface area contributed by atoms with E-state index in [1.807, 2.05) is 14.0 Å². The highest BCUT2D eigenvalue weighted by molar-refractivity contribution is 5.43. The maximum absolute atomic E-state index is 10.9. The molecule has 0 fully saturated rings. The van der Waals surface area contributed by atoms with E-state index in [1.165, 1.54) is 12.1 Å². The molecule has 0 aliphatic rings. The predicted octanol–water partition coefficient (Wildman–Crippen LogP) is 0.490. The van der Waals surface area contributed by atoms with Gasteiger partial charge in [0.05, 0.1) is 6.04 Å². The minimum Gasteiger partial charge on any atom is -0.417 e. The minimum atomic E-state index is -0.268. The first-order chi connectivity index (χ1) is 8.24. The lowest BCUT2D eigenvalue weighted by molar-refractivity contribution is 0.414. The van der Waals surface area contributed by atoms with Gasteiger partial charge in [0.15, 0.2) is 0 Å². The van der Waals surface area contributed by atoms with Crippen molar-refractivity contribution in [1.29, 1.82) is 0 Å². The number of aromatic nitrogens is 4. The van der Waals surface area contributed by atoms with Gasteiger partial charge in [0.1, 0.15) is 5.69 Å². The molecule has 0 amide bonds. The van der Waals surface area contributed by atoms with Crippen LogP contribution in [0.2, 0.25) is 0 Å². The van der Waals surface area contributed by atoms with Gasteiger partial charge in [0.2, 0.25) is 5.89 Å². The highest BCUT2D eigenvalue weighted by atomic mass is 16.4. The Hall–Kier alpha value is -2.02. The number of nitrogens with zero attached hydrogens (tertiary/aromatic N) is 3. The number of hydrogen-bond acceptors (Lipinski definition) is 6. The Bertz CT molecular complexity index is 523. The molecule has 2 aromatic rings. The van der Waals surface area contributed by atoms with Gasteiger partial charge >= 0.3 is 0 Å². The molecule has 7 heteroatoms. The number of rotatable bonds is 4. The van der Waals surface area contributed by atoms with E-state index >= 15 is 0 Å². The van der Waals surface area contributed by atoms with Crippen molar-refractivity contribution in [2.75, 3.05) is 7.05 Å². The third-order valence-electron chi connectivity index (χ3n) is 2.39. The second-order valence-corrected chi connectivity index (χ2v) is 3.50. The molecular formula is C10H13N5O2. The first-order valence-corrected chi connectivity index (χ1v) is 5.31. The lowest BCUT2D eigenvalue weighted by atomic mass is 10.2. The minimum absolute atomic E-state index is 0.0269. The van der Waals surface area contributed by atoms with E-state index in [4.69, 9.17) is 4.42 Å². The van der Waals surface area contributed by atoms with Crippen LogP contribution in [-0.4, -0.2) is 27.4 Å². The first-order valence-electron chi connectivity index (χ1n) is 5.31.